The standard InChI is InChI=1S/C18H16N6OS/c1-3-24-16-14(10-19-24)13(17(25)21-18-23-22-11(2)26-18)9-15(20-16)12-7-5-4-6-8-12/h4-10H,3H2,1-2H3,(H,21,23,25). The summed E-state index contributed by atoms with van der Waals surface area (Å²) in [4.78, 5) is 17.6. The fourth-order valence-corrected chi connectivity index (χ4v) is 3.32. The number of aromatic nitrogens is 5. The molecule has 0 bridgehead atoms. The summed E-state index contributed by atoms with van der Waals surface area (Å²) in [5.41, 5.74) is 2.87. The molecule has 4 rings (SSSR count). The molecule has 130 valence electrons. The smallest absolute Gasteiger partial charge is 0.258 e. The van der Waals surface area contributed by atoms with Gasteiger partial charge in [0.05, 0.1) is 22.8 Å². The van der Waals surface area contributed by atoms with Crippen LogP contribution in [0.15, 0.2) is 42.6 Å². The molecule has 0 fully saturated rings. The molecule has 7 nitrogen and oxygen atoms in total. The van der Waals surface area contributed by atoms with Crippen LogP contribution in [0.2, 0.25) is 0 Å². The SMILES string of the molecule is CCn1ncc2c(C(=O)Nc3nnc(C)s3)cc(-c3ccccc3)nc21. The van der Waals surface area contributed by atoms with Crippen molar-refractivity contribution in [1.29, 1.82) is 0 Å². The Morgan fingerprint density at radius 3 is 2.73 bits per heavy atom. The lowest BCUT2D eigenvalue weighted by Gasteiger charge is -2.08. The van der Waals surface area contributed by atoms with E-state index in [-0.39, 0.29) is 5.91 Å². The number of pyridine rings is 1. The third-order valence-electron chi connectivity index (χ3n) is 3.97. The second-order valence-corrected chi connectivity index (χ2v) is 6.88. The highest BCUT2D eigenvalue weighted by molar-refractivity contribution is 7.15. The number of nitrogens with one attached hydrogen (secondary N) is 1. The highest BCUT2D eigenvalue weighted by atomic mass is 32.1. The topological polar surface area (TPSA) is 85.6 Å². The molecule has 26 heavy (non-hydrogen) atoms. The number of rotatable bonds is 4. The first-order valence-corrected chi connectivity index (χ1v) is 9.01. The molecule has 0 radical (unpaired) electrons. The van der Waals surface area contributed by atoms with E-state index in [1.165, 1.54) is 11.3 Å². The fraction of sp³-hybridized carbons (Fsp3) is 0.167. The van der Waals surface area contributed by atoms with E-state index in [1.807, 2.05) is 44.2 Å². The first-order chi connectivity index (χ1) is 12.7. The molecule has 0 aliphatic heterocycles. The van der Waals surface area contributed by atoms with Gasteiger partial charge in [-0.1, -0.05) is 41.7 Å². The predicted octanol–water partition coefficient (Wildman–Crippen LogP) is 3.53. The maximum absolute atomic E-state index is 12.9. The summed E-state index contributed by atoms with van der Waals surface area (Å²) in [5.74, 6) is -0.249. The van der Waals surface area contributed by atoms with Gasteiger partial charge in [-0.2, -0.15) is 5.10 Å². The molecule has 0 aliphatic carbocycles. The molecular formula is C18H16N6OS. The Bertz CT molecular complexity index is 1090. The molecule has 8 heteroatoms. The van der Waals surface area contributed by atoms with Crippen LogP contribution in [0, 0.1) is 6.92 Å². The summed E-state index contributed by atoms with van der Waals surface area (Å²) >= 11 is 1.34. The summed E-state index contributed by atoms with van der Waals surface area (Å²) in [6, 6.07) is 11.6. The minimum atomic E-state index is -0.249. The highest BCUT2D eigenvalue weighted by Crippen LogP contribution is 2.26. The molecule has 3 heterocycles. The van der Waals surface area contributed by atoms with Crippen molar-refractivity contribution >= 4 is 33.4 Å². The summed E-state index contributed by atoms with van der Waals surface area (Å²) in [5, 5.41) is 17.0. The van der Waals surface area contributed by atoms with Crippen LogP contribution in [-0.4, -0.2) is 30.9 Å². The molecule has 4 aromatic rings. The van der Waals surface area contributed by atoms with Crippen molar-refractivity contribution in [3.05, 3.63) is 53.2 Å². The molecule has 0 saturated heterocycles. The van der Waals surface area contributed by atoms with E-state index < -0.39 is 0 Å². The van der Waals surface area contributed by atoms with Gasteiger partial charge in [-0.3, -0.25) is 10.1 Å². The number of benzene rings is 1. The van der Waals surface area contributed by atoms with Crippen LogP contribution in [0.5, 0.6) is 0 Å². The maximum Gasteiger partial charge on any atom is 0.258 e. The number of nitrogens with zero attached hydrogens (tertiary/aromatic N) is 5. The number of fused-ring (bicyclic) bond motifs is 1. The third-order valence-corrected chi connectivity index (χ3v) is 4.72. The molecule has 0 unspecified atom stereocenters. The van der Waals surface area contributed by atoms with Gasteiger partial charge in [-0.25, -0.2) is 9.67 Å². The lowest BCUT2D eigenvalue weighted by molar-refractivity contribution is 0.102. The second-order valence-electron chi connectivity index (χ2n) is 5.70. The minimum absolute atomic E-state index is 0.249. The average Bonchev–Trinajstić information content (AvgIpc) is 3.27. The third kappa shape index (κ3) is 2.95. The number of aryl methyl sites for hydroxylation is 2. The van der Waals surface area contributed by atoms with Gasteiger partial charge < -0.3 is 0 Å². The molecule has 1 N–H and O–H groups in total. The van der Waals surface area contributed by atoms with Gasteiger partial charge in [0.1, 0.15) is 5.01 Å². The van der Waals surface area contributed by atoms with Crippen LogP contribution in [0.25, 0.3) is 22.3 Å². The summed E-state index contributed by atoms with van der Waals surface area (Å²) in [6.07, 6.45) is 1.68. The zero-order valence-corrected chi connectivity index (χ0v) is 15.1. The predicted molar refractivity (Wildman–Crippen MR) is 101 cm³/mol. The summed E-state index contributed by atoms with van der Waals surface area (Å²) in [6.45, 7) is 4.51. The van der Waals surface area contributed by atoms with Crippen LogP contribution >= 0.6 is 11.3 Å². The fourth-order valence-electron chi connectivity index (χ4n) is 2.74. The van der Waals surface area contributed by atoms with E-state index in [0.29, 0.717) is 28.3 Å². The zero-order chi connectivity index (χ0) is 18.1. The largest absolute Gasteiger partial charge is 0.296 e. The molecule has 3 aromatic heterocycles. The van der Waals surface area contributed by atoms with Crippen molar-refractivity contribution in [2.45, 2.75) is 20.4 Å². The number of amides is 1. The molecule has 0 saturated carbocycles. The van der Waals surface area contributed by atoms with Gasteiger partial charge in [0.15, 0.2) is 5.65 Å². The molecule has 1 amide bonds. The van der Waals surface area contributed by atoms with Gasteiger partial charge in [-0.15, -0.1) is 10.2 Å². The van der Waals surface area contributed by atoms with Gasteiger partial charge >= 0.3 is 0 Å². The van der Waals surface area contributed by atoms with E-state index >= 15 is 0 Å². The van der Waals surface area contributed by atoms with Crippen LogP contribution in [-0.2, 0) is 6.54 Å². The van der Waals surface area contributed by atoms with Crippen LogP contribution in [0.1, 0.15) is 22.3 Å². The van der Waals surface area contributed by atoms with Crippen molar-refractivity contribution in [3.8, 4) is 11.3 Å². The van der Waals surface area contributed by atoms with E-state index in [0.717, 1.165) is 16.3 Å². The number of anilines is 1. The van der Waals surface area contributed by atoms with Gasteiger partial charge in [0, 0.05) is 12.1 Å². The number of hydrogen-bond donors (Lipinski definition) is 1. The summed E-state index contributed by atoms with van der Waals surface area (Å²) < 4.78 is 1.79. The molecule has 0 aliphatic rings. The lowest BCUT2D eigenvalue weighted by Crippen LogP contribution is -2.13. The average molecular weight is 364 g/mol. The van der Waals surface area contributed by atoms with Crippen molar-refractivity contribution < 1.29 is 4.79 Å². The van der Waals surface area contributed by atoms with Crippen LogP contribution < -0.4 is 5.32 Å². The number of carbonyl (C=O) groups is 1. The number of carbonyl (C=O) groups excluding carboxylic acids is 1. The Kier molecular flexibility index (Phi) is 4.18. The maximum atomic E-state index is 12.9. The molecular weight excluding hydrogens is 348 g/mol. The lowest BCUT2D eigenvalue weighted by atomic mass is 10.1. The van der Waals surface area contributed by atoms with Crippen molar-refractivity contribution in [2.75, 3.05) is 5.32 Å². The summed E-state index contributed by atoms with van der Waals surface area (Å²) in [7, 11) is 0. The Labute approximate surface area is 153 Å². The van der Waals surface area contributed by atoms with E-state index in [4.69, 9.17) is 4.98 Å². The Hall–Kier alpha value is -3.13. The highest BCUT2D eigenvalue weighted by Gasteiger charge is 2.18. The van der Waals surface area contributed by atoms with Crippen LogP contribution in [0.3, 0.4) is 0 Å². The first-order valence-electron chi connectivity index (χ1n) is 8.19. The normalized spacial score (nSPS) is 11.0. The van der Waals surface area contributed by atoms with Crippen molar-refractivity contribution in [3.63, 3.8) is 0 Å². The quantitative estimate of drug-likeness (QED) is 0.599. The van der Waals surface area contributed by atoms with E-state index in [2.05, 4.69) is 20.6 Å². The second kappa shape index (κ2) is 6.64. The zero-order valence-electron chi connectivity index (χ0n) is 14.3. The Morgan fingerprint density at radius 1 is 1.23 bits per heavy atom. The van der Waals surface area contributed by atoms with Gasteiger partial charge in [0.2, 0.25) is 5.13 Å². The number of hydrogen-bond acceptors (Lipinski definition) is 6. The Balaban J connectivity index is 1.84. The molecule has 0 spiro atoms. The van der Waals surface area contributed by atoms with E-state index in [1.54, 1.807) is 16.9 Å². The Morgan fingerprint density at radius 2 is 2.04 bits per heavy atom. The van der Waals surface area contributed by atoms with Gasteiger partial charge in [0.25, 0.3) is 5.91 Å². The minimum Gasteiger partial charge on any atom is -0.296 e. The molecule has 1 aromatic carbocycles. The van der Waals surface area contributed by atoms with Crippen LogP contribution in [0.4, 0.5) is 5.13 Å². The van der Waals surface area contributed by atoms with Crippen molar-refractivity contribution in [2.24, 2.45) is 0 Å². The molecule has 0 atom stereocenters. The monoisotopic (exact) mass is 364 g/mol. The van der Waals surface area contributed by atoms with E-state index in [9.17, 15) is 4.79 Å². The van der Waals surface area contributed by atoms with Gasteiger partial charge in [-0.05, 0) is 19.9 Å². The van der Waals surface area contributed by atoms with Crippen molar-refractivity contribution in [1.82, 2.24) is 25.0 Å². The first kappa shape index (κ1) is 16.3.